The molecule has 2 aliphatic rings. The third-order valence-corrected chi connectivity index (χ3v) is 4.78. The number of rotatable bonds is 5. The van der Waals surface area contributed by atoms with Gasteiger partial charge in [-0.1, -0.05) is 0 Å². The van der Waals surface area contributed by atoms with Gasteiger partial charge in [0.25, 0.3) is 0 Å². The topological polar surface area (TPSA) is 57.3 Å². The molecule has 0 radical (unpaired) electrons. The Bertz CT molecular complexity index is 471. The average molecular weight is 339 g/mol. The van der Waals surface area contributed by atoms with Gasteiger partial charge in [-0.2, -0.15) is 0 Å². The summed E-state index contributed by atoms with van der Waals surface area (Å²) < 4.78 is 0. The number of hydrogen-bond donors (Lipinski definition) is 2. The van der Waals surface area contributed by atoms with Gasteiger partial charge >= 0.3 is 0 Å². The summed E-state index contributed by atoms with van der Waals surface area (Å²) in [5, 5.41) is 6.48. The zero-order valence-electron chi connectivity index (χ0n) is 13.5. The van der Waals surface area contributed by atoms with Gasteiger partial charge in [0.2, 0.25) is 5.91 Å². The number of amides is 1. The van der Waals surface area contributed by atoms with Gasteiger partial charge in [0.05, 0.1) is 6.04 Å². The van der Waals surface area contributed by atoms with Crippen LogP contribution >= 0.6 is 12.4 Å². The average Bonchev–Trinajstić information content (AvgIpc) is 3.10. The first-order valence-electron chi connectivity index (χ1n) is 8.46. The molecule has 1 unspecified atom stereocenters. The van der Waals surface area contributed by atoms with Crippen molar-refractivity contribution in [2.75, 3.05) is 26.2 Å². The van der Waals surface area contributed by atoms with Crippen LogP contribution in [0, 0.1) is 0 Å². The predicted octanol–water partition coefficient (Wildman–Crippen LogP) is 1.38. The molecule has 2 N–H and O–H groups in total. The third-order valence-electron chi connectivity index (χ3n) is 4.78. The van der Waals surface area contributed by atoms with Crippen LogP contribution in [0.3, 0.4) is 0 Å². The molecule has 3 heterocycles. The fourth-order valence-electron chi connectivity index (χ4n) is 3.35. The number of aromatic nitrogens is 1. The lowest BCUT2D eigenvalue weighted by Crippen LogP contribution is -2.49. The third kappa shape index (κ3) is 5.44. The summed E-state index contributed by atoms with van der Waals surface area (Å²) >= 11 is 0. The van der Waals surface area contributed by atoms with Crippen molar-refractivity contribution >= 4 is 18.3 Å². The van der Waals surface area contributed by atoms with Crippen LogP contribution in [0.5, 0.6) is 0 Å². The van der Waals surface area contributed by atoms with Crippen LogP contribution in [0.15, 0.2) is 24.5 Å². The lowest BCUT2D eigenvalue weighted by molar-refractivity contribution is -0.123. The number of halogens is 1. The molecule has 2 saturated heterocycles. The number of nitrogens with one attached hydrogen (secondary N) is 2. The van der Waals surface area contributed by atoms with Crippen molar-refractivity contribution in [3.05, 3.63) is 30.1 Å². The van der Waals surface area contributed by atoms with Crippen LogP contribution in [0.1, 0.15) is 31.2 Å². The van der Waals surface area contributed by atoms with Gasteiger partial charge in [0.1, 0.15) is 0 Å². The highest BCUT2D eigenvalue weighted by atomic mass is 35.5. The lowest BCUT2D eigenvalue weighted by Gasteiger charge is -2.32. The van der Waals surface area contributed by atoms with E-state index in [0.717, 1.165) is 58.3 Å². The fraction of sp³-hybridized carbons (Fsp3) is 0.647. The molecule has 0 saturated carbocycles. The first-order valence-corrected chi connectivity index (χ1v) is 8.46. The van der Waals surface area contributed by atoms with Crippen molar-refractivity contribution in [3.8, 4) is 0 Å². The standard InChI is InChI=1S/C17H26N4O.ClH/c22-17(16-2-1-8-19-16)20-15-6-12-21(13-7-15)11-5-14-3-9-18-10-4-14;/h3-4,9-10,15-16,19H,1-2,5-8,11-13H2,(H,20,22);1H. The summed E-state index contributed by atoms with van der Waals surface area (Å²) in [7, 11) is 0. The van der Waals surface area contributed by atoms with Crippen LogP contribution < -0.4 is 10.6 Å². The second kappa shape index (κ2) is 9.21. The Balaban J connectivity index is 0.00000192. The zero-order valence-corrected chi connectivity index (χ0v) is 14.4. The number of carbonyl (C=O) groups is 1. The Hall–Kier alpha value is -1.17. The number of hydrogen-bond acceptors (Lipinski definition) is 4. The summed E-state index contributed by atoms with van der Waals surface area (Å²) in [6, 6.07) is 4.57. The smallest absolute Gasteiger partial charge is 0.237 e. The molecule has 2 aliphatic heterocycles. The molecular formula is C17H27ClN4O. The van der Waals surface area contributed by atoms with Crippen LogP contribution in [0.25, 0.3) is 0 Å². The molecule has 3 rings (SSSR count). The molecule has 23 heavy (non-hydrogen) atoms. The quantitative estimate of drug-likeness (QED) is 0.851. The minimum Gasteiger partial charge on any atom is -0.352 e. The second-order valence-corrected chi connectivity index (χ2v) is 6.38. The maximum Gasteiger partial charge on any atom is 0.237 e. The molecule has 0 aromatic carbocycles. The van der Waals surface area contributed by atoms with Gasteiger partial charge in [-0.25, -0.2) is 0 Å². The van der Waals surface area contributed by atoms with Gasteiger partial charge in [0.15, 0.2) is 0 Å². The lowest BCUT2D eigenvalue weighted by atomic mass is 10.0. The van der Waals surface area contributed by atoms with Crippen LogP contribution in [-0.4, -0.2) is 54.1 Å². The Morgan fingerprint density at radius 2 is 2.00 bits per heavy atom. The fourth-order valence-corrected chi connectivity index (χ4v) is 3.35. The minimum absolute atomic E-state index is 0. The second-order valence-electron chi connectivity index (χ2n) is 6.38. The molecule has 0 bridgehead atoms. The van der Waals surface area contributed by atoms with Gasteiger partial charge < -0.3 is 15.5 Å². The van der Waals surface area contributed by atoms with Crippen LogP contribution in [-0.2, 0) is 11.2 Å². The van der Waals surface area contributed by atoms with E-state index < -0.39 is 0 Å². The number of carbonyl (C=O) groups excluding carboxylic acids is 1. The van der Waals surface area contributed by atoms with E-state index in [-0.39, 0.29) is 24.4 Å². The summed E-state index contributed by atoms with van der Waals surface area (Å²) in [5.41, 5.74) is 1.35. The van der Waals surface area contributed by atoms with E-state index in [9.17, 15) is 4.79 Å². The van der Waals surface area contributed by atoms with E-state index in [2.05, 4.69) is 32.7 Å². The Morgan fingerprint density at radius 3 is 2.65 bits per heavy atom. The van der Waals surface area contributed by atoms with E-state index in [1.165, 1.54) is 5.56 Å². The molecule has 6 heteroatoms. The maximum absolute atomic E-state index is 12.1. The number of nitrogens with zero attached hydrogens (tertiary/aromatic N) is 2. The summed E-state index contributed by atoms with van der Waals surface area (Å²) in [6.45, 7) is 4.22. The van der Waals surface area contributed by atoms with Gasteiger partial charge in [0, 0.05) is 38.1 Å². The van der Waals surface area contributed by atoms with Crippen LogP contribution in [0.2, 0.25) is 0 Å². The predicted molar refractivity (Wildman–Crippen MR) is 93.8 cm³/mol. The van der Waals surface area contributed by atoms with Crippen molar-refractivity contribution < 1.29 is 4.79 Å². The van der Waals surface area contributed by atoms with E-state index in [0.29, 0.717) is 6.04 Å². The zero-order chi connectivity index (χ0) is 15.2. The molecule has 2 fully saturated rings. The normalized spacial score (nSPS) is 22.5. The van der Waals surface area contributed by atoms with Crippen molar-refractivity contribution in [2.24, 2.45) is 0 Å². The molecular weight excluding hydrogens is 312 g/mol. The Morgan fingerprint density at radius 1 is 1.26 bits per heavy atom. The maximum atomic E-state index is 12.1. The molecule has 1 aromatic heterocycles. The molecule has 0 aliphatic carbocycles. The van der Waals surface area contributed by atoms with Crippen molar-refractivity contribution in [1.82, 2.24) is 20.5 Å². The van der Waals surface area contributed by atoms with Gasteiger partial charge in [-0.15, -0.1) is 12.4 Å². The number of piperidine rings is 1. The summed E-state index contributed by atoms with van der Waals surface area (Å²) in [4.78, 5) is 18.7. The monoisotopic (exact) mass is 338 g/mol. The Kier molecular flexibility index (Phi) is 7.27. The minimum atomic E-state index is 0. The first-order chi connectivity index (χ1) is 10.8. The Labute approximate surface area is 144 Å². The van der Waals surface area contributed by atoms with Crippen LogP contribution in [0.4, 0.5) is 0 Å². The highest BCUT2D eigenvalue weighted by Gasteiger charge is 2.26. The van der Waals surface area contributed by atoms with Crippen molar-refractivity contribution in [2.45, 2.75) is 44.2 Å². The molecule has 5 nitrogen and oxygen atoms in total. The first kappa shape index (κ1) is 18.2. The summed E-state index contributed by atoms with van der Waals surface area (Å²) in [5.74, 6) is 0.202. The van der Waals surface area contributed by atoms with E-state index in [1.54, 1.807) is 0 Å². The number of pyridine rings is 1. The highest BCUT2D eigenvalue weighted by molar-refractivity contribution is 5.85. The SMILES string of the molecule is Cl.O=C(NC1CCN(CCc2ccncc2)CC1)C1CCCN1. The molecule has 1 atom stereocenters. The van der Waals surface area contributed by atoms with Gasteiger partial charge in [-0.3, -0.25) is 9.78 Å². The largest absolute Gasteiger partial charge is 0.352 e. The van der Waals surface area contributed by atoms with E-state index in [4.69, 9.17) is 0 Å². The van der Waals surface area contributed by atoms with Crippen molar-refractivity contribution in [1.29, 1.82) is 0 Å². The molecule has 1 amide bonds. The van der Waals surface area contributed by atoms with Gasteiger partial charge in [-0.05, 0) is 56.3 Å². The summed E-state index contributed by atoms with van der Waals surface area (Å²) in [6.07, 6.45) is 9.01. The van der Waals surface area contributed by atoms with Crippen molar-refractivity contribution in [3.63, 3.8) is 0 Å². The van der Waals surface area contributed by atoms with E-state index in [1.807, 2.05) is 12.4 Å². The molecule has 128 valence electrons. The molecule has 1 aromatic rings. The number of likely N-dealkylation sites (tertiary alicyclic amines) is 1. The highest BCUT2D eigenvalue weighted by Crippen LogP contribution is 2.13. The van der Waals surface area contributed by atoms with E-state index >= 15 is 0 Å². The molecule has 0 spiro atoms.